The van der Waals surface area contributed by atoms with Gasteiger partial charge in [0.25, 0.3) is 11.5 Å². The predicted molar refractivity (Wildman–Crippen MR) is 115 cm³/mol. The van der Waals surface area contributed by atoms with Crippen molar-refractivity contribution in [2.24, 2.45) is 5.92 Å². The number of pyridine rings is 1. The van der Waals surface area contributed by atoms with Gasteiger partial charge >= 0.3 is 5.69 Å². The average Bonchev–Trinajstić information content (AvgIpc) is 2.66. The molecule has 0 radical (unpaired) electrons. The van der Waals surface area contributed by atoms with Gasteiger partial charge < -0.3 is 5.32 Å². The molecule has 2 N–H and O–H groups in total. The Morgan fingerprint density at radius 1 is 1.20 bits per heavy atom. The number of carbonyl (C=O) groups excluding carboxylic acids is 1. The number of hydrogen-bond donors (Lipinski definition) is 2. The van der Waals surface area contributed by atoms with Crippen LogP contribution in [-0.2, 0) is 6.54 Å². The van der Waals surface area contributed by atoms with Crippen LogP contribution in [0.2, 0.25) is 0 Å². The van der Waals surface area contributed by atoms with Gasteiger partial charge in [0.05, 0.1) is 16.6 Å². The van der Waals surface area contributed by atoms with Gasteiger partial charge in [0, 0.05) is 12.2 Å². The van der Waals surface area contributed by atoms with Crippen molar-refractivity contribution in [1.82, 2.24) is 14.5 Å². The van der Waals surface area contributed by atoms with Gasteiger partial charge in [-0.1, -0.05) is 33.8 Å². The molecule has 30 heavy (non-hydrogen) atoms. The number of amides is 1. The highest BCUT2D eigenvalue weighted by molar-refractivity contribution is 6.11. The van der Waals surface area contributed by atoms with E-state index in [0.29, 0.717) is 12.2 Å². The Morgan fingerprint density at radius 2 is 1.90 bits per heavy atom. The molecule has 0 bridgehead atoms. The molecule has 0 aliphatic heterocycles. The van der Waals surface area contributed by atoms with Gasteiger partial charge in [-0.15, -0.1) is 0 Å². The molecule has 7 nitrogen and oxygen atoms in total. The maximum atomic E-state index is 14.2. The number of hydrogen-bond acceptors (Lipinski definition) is 4. The SMILES string of the molecule is Cc1ccc(F)c(NC(=O)c2cc(C(C)C)nc3c2c(=O)[nH]c(=O)n3CC(C)C)c1. The lowest BCUT2D eigenvalue weighted by atomic mass is 10.0. The summed E-state index contributed by atoms with van der Waals surface area (Å²) >= 11 is 0. The van der Waals surface area contributed by atoms with E-state index in [1.54, 1.807) is 13.0 Å². The van der Waals surface area contributed by atoms with Gasteiger partial charge in [-0.2, -0.15) is 0 Å². The maximum absolute atomic E-state index is 14.2. The largest absolute Gasteiger partial charge is 0.330 e. The number of rotatable bonds is 5. The number of aromatic nitrogens is 3. The normalized spacial score (nSPS) is 11.5. The van der Waals surface area contributed by atoms with E-state index in [-0.39, 0.29) is 34.1 Å². The molecule has 3 rings (SSSR count). The highest BCUT2D eigenvalue weighted by Gasteiger charge is 2.21. The summed E-state index contributed by atoms with van der Waals surface area (Å²) in [5.74, 6) is -1.17. The van der Waals surface area contributed by atoms with Gasteiger partial charge in [-0.05, 0) is 42.5 Å². The van der Waals surface area contributed by atoms with Crippen molar-refractivity contribution in [3.8, 4) is 0 Å². The van der Waals surface area contributed by atoms with Gasteiger partial charge in [0.2, 0.25) is 0 Å². The zero-order chi connectivity index (χ0) is 22.2. The first-order valence-electron chi connectivity index (χ1n) is 9.83. The fourth-order valence-corrected chi connectivity index (χ4v) is 3.23. The molecule has 0 aliphatic rings. The summed E-state index contributed by atoms with van der Waals surface area (Å²) in [6.45, 7) is 9.77. The van der Waals surface area contributed by atoms with E-state index in [1.165, 1.54) is 22.8 Å². The lowest BCUT2D eigenvalue weighted by Gasteiger charge is -2.16. The topological polar surface area (TPSA) is 96.8 Å². The molecule has 1 aromatic carbocycles. The summed E-state index contributed by atoms with van der Waals surface area (Å²) in [6, 6.07) is 5.90. The quantitative estimate of drug-likeness (QED) is 0.670. The van der Waals surface area contributed by atoms with Crippen LogP contribution < -0.4 is 16.6 Å². The molecule has 0 fully saturated rings. The summed E-state index contributed by atoms with van der Waals surface area (Å²) in [4.78, 5) is 45.0. The van der Waals surface area contributed by atoms with Crippen LogP contribution in [0, 0.1) is 18.7 Å². The van der Waals surface area contributed by atoms with Gasteiger partial charge in [-0.25, -0.2) is 14.2 Å². The minimum absolute atomic E-state index is 0.00483. The summed E-state index contributed by atoms with van der Waals surface area (Å²) in [7, 11) is 0. The van der Waals surface area contributed by atoms with Crippen molar-refractivity contribution in [3.05, 3.63) is 67.7 Å². The van der Waals surface area contributed by atoms with E-state index in [2.05, 4.69) is 15.3 Å². The van der Waals surface area contributed by atoms with E-state index in [4.69, 9.17) is 0 Å². The van der Waals surface area contributed by atoms with Gasteiger partial charge in [-0.3, -0.25) is 19.1 Å². The Balaban J connectivity index is 2.27. The minimum atomic E-state index is -0.701. The molecule has 2 aromatic heterocycles. The highest BCUT2D eigenvalue weighted by Crippen LogP contribution is 2.22. The van der Waals surface area contributed by atoms with Crippen LogP contribution in [0.25, 0.3) is 11.0 Å². The van der Waals surface area contributed by atoms with Crippen LogP contribution >= 0.6 is 0 Å². The van der Waals surface area contributed by atoms with E-state index in [0.717, 1.165) is 5.56 Å². The number of aromatic amines is 1. The van der Waals surface area contributed by atoms with Crippen LogP contribution in [-0.4, -0.2) is 20.4 Å². The molecule has 2 heterocycles. The van der Waals surface area contributed by atoms with Crippen molar-refractivity contribution in [2.75, 3.05) is 5.32 Å². The third-order valence-corrected chi connectivity index (χ3v) is 4.72. The summed E-state index contributed by atoms with van der Waals surface area (Å²) < 4.78 is 15.5. The van der Waals surface area contributed by atoms with Crippen LogP contribution in [0.3, 0.4) is 0 Å². The molecule has 0 saturated carbocycles. The summed E-state index contributed by atoms with van der Waals surface area (Å²) in [5, 5.41) is 2.55. The first-order valence-corrected chi connectivity index (χ1v) is 9.83. The average molecular weight is 412 g/mol. The Kier molecular flexibility index (Phi) is 5.87. The molecule has 0 unspecified atom stereocenters. The van der Waals surface area contributed by atoms with Crippen molar-refractivity contribution in [1.29, 1.82) is 0 Å². The van der Waals surface area contributed by atoms with E-state index < -0.39 is 23.0 Å². The van der Waals surface area contributed by atoms with Crippen molar-refractivity contribution in [3.63, 3.8) is 0 Å². The lowest BCUT2D eigenvalue weighted by Crippen LogP contribution is -2.33. The Morgan fingerprint density at radius 3 is 2.53 bits per heavy atom. The zero-order valence-electron chi connectivity index (χ0n) is 17.7. The number of H-pyrrole nitrogens is 1. The van der Waals surface area contributed by atoms with Crippen molar-refractivity contribution in [2.45, 2.75) is 47.1 Å². The molecule has 0 atom stereocenters. The van der Waals surface area contributed by atoms with Gasteiger partial charge in [0.15, 0.2) is 5.65 Å². The zero-order valence-corrected chi connectivity index (χ0v) is 17.7. The first kappa shape index (κ1) is 21.4. The number of fused-ring (bicyclic) bond motifs is 1. The smallest absolute Gasteiger partial charge is 0.319 e. The summed E-state index contributed by atoms with van der Waals surface area (Å²) in [6.07, 6.45) is 0. The molecular formula is C22H25FN4O3. The lowest BCUT2D eigenvalue weighted by molar-refractivity contribution is 0.102. The number of anilines is 1. The standard InChI is InChI=1S/C22H25FN4O3/c1-11(2)10-27-19-18(21(29)26-22(27)30)14(9-16(24-19)12(3)4)20(28)25-17-8-13(5)6-7-15(17)23/h6-9,11-12H,10H2,1-5H3,(H,25,28)(H,26,29,30). The van der Waals surface area contributed by atoms with Crippen LogP contribution in [0.5, 0.6) is 0 Å². The molecule has 0 aliphatic carbocycles. The Hall–Kier alpha value is -3.29. The van der Waals surface area contributed by atoms with Crippen LogP contribution in [0.1, 0.15) is 55.2 Å². The molecule has 158 valence electrons. The second kappa shape index (κ2) is 8.22. The number of carbonyl (C=O) groups is 1. The molecular weight excluding hydrogens is 387 g/mol. The van der Waals surface area contributed by atoms with Crippen LogP contribution in [0.4, 0.5) is 10.1 Å². The first-order chi connectivity index (χ1) is 14.1. The highest BCUT2D eigenvalue weighted by atomic mass is 19.1. The van der Waals surface area contributed by atoms with Crippen molar-refractivity contribution >= 4 is 22.6 Å². The number of benzene rings is 1. The Bertz CT molecular complexity index is 1240. The number of aryl methyl sites for hydroxylation is 1. The molecule has 0 spiro atoms. The molecule has 0 saturated heterocycles. The number of halogens is 1. The van der Waals surface area contributed by atoms with E-state index >= 15 is 0 Å². The number of nitrogens with zero attached hydrogens (tertiary/aromatic N) is 2. The number of nitrogens with one attached hydrogen (secondary N) is 2. The third-order valence-electron chi connectivity index (χ3n) is 4.72. The fourth-order valence-electron chi connectivity index (χ4n) is 3.23. The third kappa shape index (κ3) is 4.17. The minimum Gasteiger partial charge on any atom is -0.319 e. The van der Waals surface area contributed by atoms with Gasteiger partial charge in [0.1, 0.15) is 5.82 Å². The monoisotopic (exact) mass is 412 g/mol. The van der Waals surface area contributed by atoms with Crippen LogP contribution in [0.15, 0.2) is 33.9 Å². The predicted octanol–water partition coefficient (Wildman–Crippen LogP) is 3.56. The van der Waals surface area contributed by atoms with E-state index in [9.17, 15) is 18.8 Å². The fraction of sp³-hybridized carbons (Fsp3) is 0.364. The van der Waals surface area contributed by atoms with Crippen molar-refractivity contribution < 1.29 is 9.18 Å². The maximum Gasteiger partial charge on any atom is 0.330 e. The second-order valence-electron chi connectivity index (χ2n) is 8.15. The second-order valence-corrected chi connectivity index (χ2v) is 8.15. The molecule has 3 aromatic rings. The Labute approximate surface area is 173 Å². The van der Waals surface area contributed by atoms with E-state index in [1.807, 2.05) is 27.7 Å². The molecule has 1 amide bonds. The summed E-state index contributed by atoms with van der Waals surface area (Å²) in [5.41, 5.74) is 0.265. The molecule has 8 heteroatoms.